The van der Waals surface area contributed by atoms with Gasteiger partial charge in [0.15, 0.2) is 0 Å². The first-order chi connectivity index (χ1) is 9.60. The van der Waals surface area contributed by atoms with Gasteiger partial charge in [-0.1, -0.05) is 18.3 Å². The number of nitrogens with zero attached hydrogens (tertiary/aromatic N) is 1. The van der Waals surface area contributed by atoms with Gasteiger partial charge in [-0.15, -0.1) is 0 Å². The van der Waals surface area contributed by atoms with Crippen LogP contribution in [-0.4, -0.2) is 34.7 Å². The SMILES string of the molecule is NC(=S)c1cc(CN2CCCC(CCO)C2)ccc1F. The number of likely N-dealkylation sites (tertiary alicyclic amines) is 1. The lowest BCUT2D eigenvalue weighted by molar-refractivity contribution is 0.142. The number of thiocarbonyl (C=S) groups is 1. The van der Waals surface area contributed by atoms with E-state index in [1.165, 1.54) is 12.5 Å². The van der Waals surface area contributed by atoms with Crippen LogP contribution in [0.1, 0.15) is 30.4 Å². The van der Waals surface area contributed by atoms with Crippen LogP contribution in [0.15, 0.2) is 18.2 Å². The van der Waals surface area contributed by atoms with Gasteiger partial charge in [0.25, 0.3) is 0 Å². The van der Waals surface area contributed by atoms with E-state index in [0.717, 1.165) is 38.0 Å². The predicted molar refractivity (Wildman–Crippen MR) is 82.0 cm³/mol. The maximum atomic E-state index is 13.6. The molecule has 20 heavy (non-hydrogen) atoms. The summed E-state index contributed by atoms with van der Waals surface area (Å²) in [6, 6.07) is 4.96. The van der Waals surface area contributed by atoms with Crippen LogP contribution in [0, 0.1) is 11.7 Å². The molecular formula is C15H21FN2OS. The van der Waals surface area contributed by atoms with Crippen molar-refractivity contribution in [2.75, 3.05) is 19.7 Å². The lowest BCUT2D eigenvalue weighted by Crippen LogP contribution is -2.35. The summed E-state index contributed by atoms with van der Waals surface area (Å²) < 4.78 is 13.6. The predicted octanol–water partition coefficient (Wildman–Crippen LogP) is 2.05. The van der Waals surface area contributed by atoms with Gasteiger partial charge in [-0.2, -0.15) is 0 Å². The molecule has 5 heteroatoms. The lowest BCUT2D eigenvalue weighted by atomic mass is 9.95. The number of aliphatic hydroxyl groups is 1. The van der Waals surface area contributed by atoms with E-state index in [4.69, 9.17) is 23.1 Å². The topological polar surface area (TPSA) is 49.5 Å². The van der Waals surface area contributed by atoms with Crippen molar-refractivity contribution in [2.45, 2.75) is 25.8 Å². The molecule has 1 aromatic carbocycles. The van der Waals surface area contributed by atoms with Gasteiger partial charge in [0, 0.05) is 25.3 Å². The van der Waals surface area contributed by atoms with Gasteiger partial charge < -0.3 is 10.8 Å². The molecule has 1 atom stereocenters. The molecule has 0 saturated carbocycles. The minimum atomic E-state index is -0.363. The normalized spacial score (nSPS) is 20.0. The Morgan fingerprint density at radius 1 is 1.50 bits per heavy atom. The van der Waals surface area contributed by atoms with Crippen LogP contribution in [0.2, 0.25) is 0 Å². The molecule has 0 spiro atoms. The molecule has 1 saturated heterocycles. The number of hydrogen-bond donors (Lipinski definition) is 2. The van der Waals surface area contributed by atoms with Crippen LogP contribution in [0.3, 0.4) is 0 Å². The second-order valence-electron chi connectivity index (χ2n) is 5.43. The number of rotatable bonds is 5. The number of nitrogens with two attached hydrogens (primary N) is 1. The lowest BCUT2D eigenvalue weighted by Gasteiger charge is -2.32. The minimum Gasteiger partial charge on any atom is -0.396 e. The minimum absolute atomic E-state index is 0.0983. The van der Waals surface area contributed by atoms with E-state index in [-0.39, 0.29) is 17.4 Å². The van der Waals surface area contributed by atoms with Crippen molar-refractivity contribution >= 4 is 17.2 Å². The molecule has 0 aliphatic carbocycles. The van der Waals surface area contributed by atoms with Crippen LogP contribution >= 0.6 is 12.2 Å². The van der Waals surface area contributed by atoms with E-state index >= 15 is 0 Å². The Morgan fingerprint density at radius 2 is 2.30 bits per heavy atom. The first-order valence-electron chi connectivity index (χ1n) is 7.01. The van der Waals surface area contributed by atoms with Gasteiger partial charge >= 0.3 is 0 Å². The molecule has 1 fully saturated rings. The molecule has 1 aliphatic heterocycles. The van der Waals surface area contributed by atoms with E-state index in [2.05, 4.69) is 4.90 Å². The van der Waals surface area contributed by atoms with Crippen LogP contribution in [0.5, 0.6) is 0 Å². The van der Waals surface area contributed by atoms with Crippen molar-refractivity contribution in [2.24, 2.45) is 11.7 Å². The Balaban J connectivity index is 2.02. The molecular weight excluding hydrogens is 275 g/mol. The number of halogens is 1. The number of hydrogen-bond acceptors (Lipinski definition) is 3. The summed E-state index contributed by atoms with van der Waals surface area (Å²) in [7, 11) is 0. The summed E-state index contributed by atoms with van der Waals surface area (Å²) in [5.74, 6) is 0.197. The maximum Gasteiger partial charge on any atom is 0.133 e. The third-order valence-electron chi connectivity index (χ3n) is 3.84. The van der Waals surface area contributed by atoms with Gasteiger partial charge in [-0.05, 0) is 49.4 Å². The molecule has 0 aromatic heterocycles. The fourth-order valence-electron chi connectivity index (χ4n) is 2.83. The van der Waals surface area contributed by atoms with E-state index < -0.39 is 0 Å². The highest BCUT2D eigenvalue weighted by Crippen LogP contribution is 2.21. The van der Waals surface area contributed by atoms with Crippen molar-refractivity contribution in [1.82, 2.24) is 4.90 Å². The summed E-state index contributed by atoms with van der Waals surface area (Å²) in [4.78, 5) is 2.45. The standard InChI is InChI=1S/C15H21FN2OS/c16-14-4-3-12(8-13(14)15(17)20)10-18-6-1-2-11(9-18)5-7-19/h3-4,8,11,19H,1-2,5-7,9-10H2,(H2,17,20). The second kappa shape index (κ2) is 7.11. The fourth-order valence-corrected chi connectivity index (χ4v) is 2.99. The van der Waals surface area contributed by atoms with Crippen molar-refractivity contribution in [1.29, 1.82) is 0 Å². The van der Waals surface area contributed by atoms with Crippen molar-refractivity contribution in [3.05, 3.63) is 35.1 Å². The fraction of sp³-hybridized carbons (Fsp3) is 0.533. The van der Waals surface area contributed by atoms with Crippen molar-refractivity contribution < 1.29 is 9.50 Å². The smallest absolute Gasteiger partial charge is 0.133 e. The highest BCUT2D eigenvalue weighted by atomic mass is 32.1. The Bertz CT molecular complexity index is 479. The molecule has 110 valence electrons. The van der Waals surface area contributed by atoms with Gasteiger partial charge in [-0.3, -0.25) is 4.90 Å². The van der Waals surface area contributed by atoms with Gasteiger partial charge in [0.2, 0.25) is 0 Å². The summed E-state index contributed by atoms with van der Waals surface area (Å²) in [6.07, 6.45) is 3.19. The average Bonchev–Trinajstić information content (AvgIpc) is 2.41. The summed E-state index contributed by atoms with van der Waals surface area (Å²) in [5, 5.41) is 9.03. The molecule has 0 radical (unpaired) electrons. The third-order valence-corrected chi connectivity index (χ3v) is 4.06. The van der Waals surface area contributed by atoms with E-state index in [9.17, 15) is 4.39 Å². The van der Waals surface area contributed by atoms with Crippen molar-refractivity contribution in [3.63, 3.8) is 0 Å². The maximum absolute atomic E-state index is 13.6. The van der Waals surface area contributed by atoms with E-state index in [1.807, 2.05) is 0 Å². The molecule has 1 aliphatic rings. The van der Waals surface area contributed by atoms with Gasteiger partial charge in [0.05, 0.1) is 0 Å². The summed E-state index contributed by atoms with van der Waals surface area (Å²) in [5.41, 5.74) is 6.88. The van der Waals surface area contributed by atoms with Crippen LogP contribution in [-0.2, 0) is 6.54 Å². The largest absolute Gasteiger partial charge is 0.396 e. The quantitative estimate of drug-likeness (QED) is 0.817. The van der Waals surface area contributed by atoms with Crippen LogP contribution in [0.4, 0.5) is 4.39 Å². The van der Waals surface area contributed by atoms with E-state index in [0.29, 0.717) is 11.5 Å². The molecule has 3 nitrogen and oxygen atoms in total. The Kier molecular flexibility index (Phi) is 5.46. The number of benzene rings is 1. The molecule has 1 unspecified atom stereocenters. The first kappa shape index (κ1) is 15.4. The Morgan fingerprint density at radius 3 is 3.00 bits per heavy atom. The van der Waals surface area contributed by atoms with Crippen LogP contribution in [0.25, 0.3) is 0 Å². The zero-order valence-electron chi connectivity index (χ0n) is 11.5. The summed E-state index contributed by atoms with van der Waals surface area (Å²) >= 11 is 4.86. The molecule has 1 heterocycles. The number of piperidine rings is 1. The summed E-state index contributed by atoms with van der Waals surface area (Å²) in [6.45, 7) is 3.06. The van der Waals surface area contributed by atoms with Crippen molar-refractivity contribution in [3.8, 4) is 0 Å². The number of aliphatic hydroxyl groups excluding tert-OH is 1. The molecule has 1 aromatic rings. The van der Waals surface area contributed by atoms with Gasteiger partial charge in [0.1, 0.15) is 10.8 Å². The zero-order chi connectivity index (χ0) is 14.5. The average molecular weight is 296 g/mol. The van der Waals surface area contributed by atoms with E-state index in [1.54, 1.807) is 12.1 Å². The molecule has 0 bridgehead atoms. The first-order valence-corrected chi connectivity index (χ1v) is 7.42. The highest BCUT2D eigenvalue weighted by molar-refractivity contribution is 7.80. The molecule has 0 amide bonds. The third kappa shape index (κ3) is 3.98. The molecule has 2 rings (SSSR count). The highest BCUT2D eigenvalue weighted by Gasteiger charge is 2.19. The monoisotopic (exact) mass is 296 g/mol. The van der Waals surface area contributed by atoms with Gasteiger partial charge in [-0.25, -0.2) is 4.39 Å². The van der Waals surface area contributed by atoms with Crippen LogP contribution < -0.4 is 5.73 Å². The Hall–Kier alpha value is -1.04. The Labute approximate surface area is 124 Å². The zero-order valence-corrected chi connectivity index (χ0v) is 12.3. The second-order valence-corrected chi connectivity index (χ2v) is 5.87. The molecule has 3 N–H and O–H groups in total.